The van der Waals surface area contributed by atoms with Crippen molar-refractivity contribution in [2.24, 2.45) is 0 Å². The molecule has 0 aliphatic carbocycles. The Morgan fingerprint density at radius 3 is 1.95 bits per heavy atom. The van der Waals surface area contributed by atoms with Crippen LogP contribution in [0.5, 0.6) is 0 Å². The molecular weight excluding hydrogens is 494 g/mol. The van der Waals surface area contributed by atoms with E-state index in [1.807, 2.05) is 45.0 Å². The van der Waals surface area contributed by atoms with Gasteiger partial charge in [0, 0.05) is 56.7 Å². The zero-order chi connectivity index (χ0) is 28.6. The molecule has 39 heavy (non-hydrogen) atoms. The lowest BCUT2D eigenvalue weighted by atomic mass is 10.1. The Bertz CT molecular complexity index is 1100. The van der Waals surface area contributed by atoms with E-state index in [1.165, 1.54) is 0 Å². The minimum absolute atomic E-state index is 0.0188. The van der Waals surface area contributed by atoms with Crippen LogP contribution in [0.1, 0.15) is 78.8 Å². The summed E-state index contributed by atoms with van der Waals surface area (Å²) in [6, 6.07) is 14.6. The number of carbonyl (C=O) groups excluding carboxylic acids is 4. The number of hydrogen-bond donors (Lipinski definition) is 3. The normalized spacial score (nSPS) is 10.7. The Kier molecular flexibility index (Phi) is 13.7. The summed E-state index contributed by atoms with van der Waals surface area (Å²) in [7, 11) is 0. The number of nitrogens with one attached hydrogen (secondary N) is 3. The number of hydrogen-bond acceptors (Lipinski definition) is 5. The number of likely N-dealkylation sites (N-methyl/N-ethyl adjacent to an activating group) is 1. The van der Waals surface area contributed by atoms with E-state index in [9.17, 15) is 19.2 Å². The van der Waals surface area contributed by atoms with Crippen molar-refractivity contribution < 1.29 is 19.2 Å². The van der Waals surface area contributed by atoms with Gasteiger partial charge in [-0.05, 0) is 48.4 Å². The molecule has 0 saturated heterocycles. The molecule has 0 heterocycles. The number of amides is 4. The minimum Gasteiger partial charge on any atom is -0.352 e. The third-order valence-electron chi connectivity index (χ3n) is 6.28. The first-order chi connectivity index (χ1) is 18.8. The Hall–Kier alpha value is -3.72. The van der Waals surface area contributed by atoms with Crippen molar-refractivity contribution in [3.63, 3.8) is 0 Å². The molecule has 0 atom stereocenters. The Balaban J connectivity index is 1.95. The van der Waals surface area contributed by atoms with E-state index in [4.69, 9.17) is 0 Å². The molecule has 0 radical (unpaired) electrons. The van der Waals surface area contributed by atoms with Crippen molar-refractivity contribution in [2.75, 3.05) is 32.8 Å². The standard InChI is InChI=1S/C30H43N5O4/c1-5-15-31-29(38)26-14-10-12-24(19-26)21-35(28(37)7-3)22-34(8-4)17-16-32-30(39)25-13-9-11-23(18-25)20-33-27(36)6-2/h9-14,18-19H,5-8,15-17,20-22H2,1-4H3,(H,31,38)(H,32,39)(H,33,36). The Morgan fingerprint density at radius 1 is 0.744 bits per heavy atom. The lowest BCUT2D eigenvalue weighted by Crippen LogP contribution is -2.43. The second-order valence-electron chi connectivity index (χ2n) is 9.34. The molecule has 0 fully saturated rings. The predicted molar refractivity (Wildman–Crippen MR) is 153 cm³/mol. The van der Waals surface area contributed by atoms with Crippen LogP contribution in [-0.2, 0) is 22.7 Å². The molecule has 0 aromatic heterocycles. The quantitative estimate of drug-likeness (QED) is 0.285. The summed E-state index contributed by atoms with van der Waals surface area (Å²) >= 11 is 0. The average Bonchev–Trinajstić information content (AvgIpc) is 2.97. The van der Waals surface area contributed by atoms with E-state index in [0.29, 0.717) is 69.9 Å². The van der Waals surface area contributed by atoms with Crippen LogP contribution >= 0.6 is 0 Å². The van der Waals surface area contributed by atoms with Crippen molar-refractivity contribution in [3.05, 3.63) is 70.8 Å². The Morgan fingerprint density at radius 2 is 1.36 bits per heavy atom. The van der Waals surface area contributed by atoms with Crippen LogP contribution in [0.15, 0.2) is 48.5 Å². The van der Waals surface area contributed by atoms with E-state index >= 15 is 0 Å². The summed E-state index contributed by atoms with van der Waals surface area (Å²) in [5.41, 5.74) is 2.87. The molecule has 0 saturated carbocycles. The first kappa shape index (κ1) is 31.5. The maximum atomic E-state index is 12.8. The van der Waals surface area contributed by atoms with E-state index in [0.717, 1.165) is 17.5 Å². The van der Waals surface area contributed by atoms with E-state index in [2.05, 4.69) is 20.9 Å². The van der Waals surface area contributed by atoms with Gasteiger partial charge in [-0.2, -0.15) is 0 Å². The number of carbonyl (C=O) groups is 4. The van der Waals surface area contributed by atoms with Crippen LogP contribution in [0.3, 0.4) is 0 Å². The molecule has 0 aliphatic rings. The maximum absolute atomic E-state index is 12.8. The maximum Gasteiger partial charge on any atom is 0.251 e. The van der Waals surface area contributed by atoms with Gasteiger partial charge in [-0.1, -0.05) is 52.0 Å². The zero-order valence-corrected chi connectivity index (χ0v) is 23.7. The summed E-state index contributed by atoms with van der Waals surface area (Å²) < 4.78 is 0. The highest BCUT2D eigenvalue weighted by Gasteiger charge is 2.17. The van der Waals surface area contributed by atoms with Crippen LogP contribution in [-0.4, -0.2) is 66.3 Å². The summed E-state index contributed by atoms with van der Waals surface area (Å²) in [6.07, 6.45) is 1.65. The van der Waals surface area contributed by atoms with Crippen molar-refractivity contribution >= 4 is 23.6 Å². The molecule has 0 spiro atoms. The average molecular weight is 538 g/mol. The highest BCUT2D eigenvalue weighted by molar-refractivity contribution is 5.94. The van der Waals surface area contributed by atoms with Crippen LogP contribution in [0.4, 0.5) is 0 Å². The predicted octanol–water partition coefficient (Wildman–Crippen LogP) is 3.30. The summed E-state index contributed by atoms with van der Waals surface area (Å²) in [4.78, 5) is 53.3. The molecule has 4 amide bonds. The van der Waals surface area contributed by atoms with E-state index < -0.39 is 0 Å². The largest absolute Gasteiger partial charge is 0.352 e. The van der Waals surface area contributed by atoms with Crippen LogP contribution in [0, 0.1) is 0 Å². The van der Waals surface area contributed by atoms with Gasteiger partial charge in [-0.25, -0.2) is 0 Å². The van der Waals surface area contributed by atoms with Crippen LogP contribution in [0.25, 0.3) is 0 Å². The van der Waals surface area contributed by atoms with Crippen molar-refractivity contribution in [1.82, 2.24) is 25.8 Å². The van der Waals surface area contributed by atoms with Gasteiger partial charge in [0.15, 0.2) is 0 Å². The third-order valence-corrected chi connectivity index (χ3v) is 6.28. The van der Waals surface area contributed by atoms with Crippen LogP contribution in [0.2, 0.25) is 0 Å². The third kappa shape index (κ3) is 10.9. The fraction of sp³-hybridized carbons (Fsp3) is 0.467. The molecule has 212 valence electrons. The van der Waals surface area contributed by atoms with Gasteiger partial charge in [-0.15, -0.1) is 0 Å². The highest BCUT2D eigenvalue weighted by Crippen LogP contribution is 2.11. The van der Waals surface area contributed by atoms with Crippen LogP contribution < -0.4 is 16.0 Å². The summed E-state index contributed by atoms with van der Waals surface area (Å²) in [5, 5.41) is 8.66. The lowest BCUT2D eigenvalue weighted by Gasteiger charge is -2.30. The van der Waals surface area contributed by atoms with E-state index in [-0.39, 0.29) is 23.6 Å². The fourth-order valence-electron chi connectivity index (χ4n) is 3.96. The van der Waals surface area contributed by atoms with Gasteiger partial charge in [-0.3, -0.25) is 24.1 Å². The van der Waals surface area contributed by atoms with Gasteiger partial charge in [0.05, 0.1) is 6.67 Å². The summed E-state index contributed by atoms with van der Waals surface area (Å²) in [6.45, 7) is 11.2. The minimum atomic E-state index is -0.186. The van der Waals surface area contributed by atoms with Gasteiger partial charge in [0.25, 0.3) is 11.8 Å². The molecule has 9 nitrogen and oxygen atoms in total. The van der Waals surface area contributed by atoms with Gasteiger partial charge >= 0.3 is 0 Å². The van der Waals surface area contributed by atoms with Crippen molar-refractivity contribution in [2.45, 2.75) is 60.0 Å². The molecule has 2 rings (SSSR count). The fourth-order valence-corrected chi connectivity index (χ4v) is 3.96. The van der Waals surface area contributed by atoms with Crippen molar-refractivity contribution in [3.8, 4) is 0 Å². The molecule has 2 aromatic carbocycles. The lowest BCUT2D eigenvalue weighted by molar-refractivity contribution is -0.133. The molecule has 0 aliphatic heterocycles. The number of benzene rings is 2. The molecule has 0 unspecified atom stereocenters. The van der Waals surface area contributed by atoms with Crippen molar-refractivity contribution in [1.29, 1.82) is 0 Å². The molecule has 9 heteroatoms. The van der Waals surface area contributed by atoms with Gasteiger partial charge in [0.1, 0.15) is 0 Å². The highest BCUT2D eigenvalue weighted by atomic mass is 16.2. The second-order valence-corrected chi connectivity index (χ2v) is 9.34. The number of rotatable bonds is 16. The van der Waals surface area contributed by atoms with E-state index in [1.54, 1.807) is 36.1 Å². The first-order valence-corrected chi connectivity index (χ1v) is 13.8. The zero-order valence-electron chi connectivity index (χ0n) is 23.7. The molecular formula is C30H43N5O4. The second kappa shape index (κ2) is 17.0. The molecule has 2 aromatic rings. The molecule has 3 N–H and O–H groups in total. The topological polar surface area (TPSA) is 111 Å². The first-order valence-electron chi connectivity index (χ1n) is 13.8. The monoisotopic (exact) mass is 537 g/mol. The van der Waals surface area contributed by atoms with Gasteiger partial charge in [0.2, 0.25) is 11.8 Å². The van der Waals surface area contributed by atoms with Gasteiger partial charge < -0.3 is 20.9 Å². The molecule has 0 bridgehead atoms. The smallest absolute Gasteiger partial charge is 0.251 e. The number of nitrogens with zero attached hydrogens (tertiary/aromatic N) is 2. The Labute approximate surface area is 232 Å². The summed E-state index contributed by atoms with van der Waals surface area (Å²) in [5.74, 6) is -0.320. The SMILES string of the molecule is CCCNC(=O)c1cccc(CN(CN(CC)CCNC(=O)c2cccc(CNC(=O)CC)c2)C(=O)CC)c1.